The minimum absolute atomic E-state index is 0.123. The number of benzene rings is 3. The highest BCUT2D eigenvalue weighted by Gasteiger charge is 2.53. The van der Waals surface area contributed by atoms with Gasteiger partial charge < -0.3 is 4.74 Å². The molecule has 1 fully saturated rings. The zero-order chi connectivity index (χ0) is 24.0. The molecule has 3 aromatic rings. The Labute approximate surface area is 200 Å². The molecule has 4 nitrogen and oxygen atoms in total. The van der Waals surface area contributed by atoms with Crippen LogP contribution in [0.4, 0.5) is 0 Å². The van der Waals surface area contributed by atoms with Crippen LogP contribution in [0.3, 0.4) is 0 Å². The number of hydrogen-bond acceptors (Lipinski definition) is 4. The standard InChI is InChI=1S/C29H29O4P/c1-2-33-28(32)29(21-13-12-20-26(29)30)27(31)22-34(23-14-6-3-7-15-23,24-16-8-4-9-17-24)25-18-10-5-11-19-25/h3-11,14-19,22H,2,12-13,20-21H2,1H3/t29-/m1/s1. The van der Waals surface area contributed by atoms with Crippen molar-refractivity contribution in [3.8, 4) is 0 Å². The minimum Gasteiger partial charge on any atom is -0.465 e. The summed E-state index contributed by atoms with van der Waals surface area (Å²) in [5, 5.41) is 2.97. The van der Waals surface area contributed by atoms with Crippen molar-refractivity contribution in [3.63, 3.8) is 0 Å². The molecule has 1 aliphatic rings. The van der Waals surface area contributed by atoms with Gasteiger partial charge in [0, 0.05) is 6.42 Å². The van der Waals surface area contributed by atoms with E-state index in [4.69, 9.17) is 4.74 Å². The molecular weight excluding hydrogens is 443 g/mol. The zero-order valence-corrected chi connectivity index (χ0v) is 20.2. The second kappa shape index (κ2) is 10.4. The molecule has 0 aliphatic heterocycles. The van der Waals surface area contributed by atoms with Crippen molar-refractivity contribution in [1.29, 1.82) is 0 Å². The van der Waals surface area contributed by atoms with Crippen molar-refractivity contribution < 1.29 is 19.1 Å². The predicted octanol–water partition coefficient (Wildman–Crippen LogP) is 4.04. The summed E-state index contributed by atoms with van der Waals surface area (Å²) < 4.78 is 5.32. The molecular formula is C29H29O4P. The first-order valence-corrected chi connectivity index (χ1v) is 13.6. The van der Waals surface area contributed by atoms with Gasteiger partial charge in [-0.05, 0) is 48.4 Å². The van der Waals surface area contributed by atoms with Crippen molar-refractivity contribution in [2.24, 2.45) is 5.41 Å². The Kier molecular flexibility index (Phi) is 7.29. The molecule has 0 radical (unpaired) electrons. The maximum atomic E-state index is 14.2. The summed E-state index contributed by atoms with van der Waals surface area (Å²) in [5.74, 6) is 0.215. The predicted molar refractivity (Wildman–Crippen MR) is 139 cm³/mol. The summed E-state index contributed by atoms with van der Waals surface area (Å²) in [6.45, 7) is -0.819. The van der Waals surface area contributed by atoms with Gasteiger partial charge in [0.2, 0.25) is 0 Å². The first-order chi connectivity index (χ1) is 16.6. The highest BCUT2D eigenvalue weighted by molar-refractivity contribution is 7.95. The van der Waals surface area contributed by atoms with Gasteiger partial charge in [-0.1, -0.05) is 97.4 Å². The number of ketones is 2. The van der Waals surface area contributed by atoms with Crippen LogP contribution in [0.25, 0.3) is 0 Å². The summed E-state index contributed by atoms with van der Waals surface area (Å²) in [4.78, 5) is 40.7. The van der Waals surface area contributed by atoms with Gasteiger partial charge in [0.15, 0.2) is 17.0 Å². The molecule has 0 spiro atoms. The molecule has 0 heterocycles. The van der Waals surface area contributed by atoms with Crippen LogP contribution in [0.5, 0.6) is 0 Å². The molecule has 0 bridgehead atoms. The lowest BCUT2D eigenvalue weighted by atomic mass is 9.70. The molecule has 1 atom stereocenters. The fourth-order valence-corrected chi connectivity index (χ4v) is 8.65. The highest BCUT2D eigenvalue weighted by atomic mass is 31.2. The smallest absolute Gasteiger partial charge is 0.327 e. The van der Waals surface area contributed by atoms with E-state index >= 15 is 0 Å². The first-order valence-electron chi connectivity index (χ1n) is 11.7. The topological polar surface area (TPSA) is 60.4 Å². The fourth-order valence-electron chi connectivity index (χ4n) is 4.81. The van der Waals surface area contributed by atoms with Crippen molar-refractivity contribution in [1.82, 2.24) is 0 Å². The van der Waals surface area contributed by atoms with E-state index in [0.717, 1.165) is 15.9 Å². The van der Waals surface area contributed by atoms with Gasteiger partial charge in [0.25, 0.3) is 0 Å². The van der Waals surface area contributed by atoms with Gasteiger partial charge in [-0.15, -0.1) is 0 Å². The lowest BCUT2D eigenvalue weighted by molar-refractivity contribution is -0.164. The highest BCUT2D eigenvalue weighted by Crippen LogP contribution is 2.46. The molecule has 4 rings (SSSR count). The lowest BCUT2D eigenvalue weighted by Gasteiger charge is -2.34. The SMILES string of the molecule is CCOC(=O)[C@]1(C(=O)C=P(c2ccccc2)(c2ccccc2)c2ccccc2)CCCCC1=O. The summed E-state index contributed by atoms with van der Waals surface area (Å²) in [6, 6.07) is 29.7. The Morgan fingerprint density at radius 3 is 1.71 bits per heavy atom. The quantitative estimate of drug-likeness (QED) is 0.296. The number of esters is 1. The van der Waals surface area contributed by atoms with Gasteiger partial charge in [-0.2, -0.15) is 0 Å². The Morgan fingerprint density at radius 2 is 1.29 bits per heavy atom. The molecule has 34 heavy (non-hydrogen) atoms. The molecule has 0 saturated heterocycles. The third kappa shape index (κ3) is 4.19. The van der Waals surface area contributed by atoms with Gasteiger partial charge in [-0.3, -0.25) is 14.4 Å². The lowest BCUT2D eigenvalue weighted by Crippen LogP contribution is -2.50. The molecule has 174 valence electrons. The molecule has 0 unspecified atom stereocenters. The fraction of sp³-hybridized carbons (Fsp3) is 0.241. The third-order valence-electron chi connectivity index (χ3n) is 6.53. The van der Waals surface area contributed by atoms with Crippen molar-refractivity contribution in [2.45, 2.75) is 32.6 Å². The summed E-state index contributed by atoms with van der Waals surface area (Å²) in [7, 11) is 0. The van der Waals surface area contributed by atoms with Crippen molar-refractivity contribution >= 4 is 46.1 Å². The van der Waals surface area contributed by atoms with Crippen molar-refractivity contribution in [3.05, 3.63) is 91.0 Å². The first kappa shape index (κ1) is 23.9. The largest absolute Gasteiger partial charge is 0.465 e. The van der Waals surface area contributed by atoms with Gasteiger partial charge in [0.1, 0.15) is 0 Å². The second-order valence-electron chi connectivity index (χ2n) is 8.48. The monoisotopic (exact) mass is 472 g/mol. The van der Waals surface area contributed by atoms with E-state index in [1.165, 1.54) is 0 Å². The molecule has 5 heteroatoms. The number of carbonyl (C=O) groups is 3. The molecule has 3 aromatic carbocycles. The van der Waals surface area contributed by atoms with E-state index < -0.39 is 24.1 Å². The Balaban J connectivity index is 2.06. The van der Waals surface area contributed by atoms with Crippen LogP contribution in [-0.4, -0.2) is 29.9 Å². The second-order valence-corrected chi connectivity index (χ2v) is 11.7. The summed E-state index contributed by atoms with van der Waals surface area (Å²) in [5.41, 5.74) is -1.77. The number of rotatable bonds is 7. The van der Waals surface area contributed by atoms with E-state index in [0.29, 0.717) is 12.8 Å². The van der Waals surface area contributed by atoms with Crippen molar-refractivity contribution in [2.75, 3.05) is 6.61 Å². The zero-order valence-electron chi connectivity index (χ0n) is 19.4. The maximum absolute atomic E-state index is 14.2. The van der Waals surface area contributed by atoms with E-state index in [1.54, 1.807) is 12.7 Å². The summed E-state index contributed by atoms with van der Waals surface area (Å²) in [6.07, 6.45) is 1.73. The Bertz CT molecular complexity index is 1120. The van der Waals surface area contributed by atoms with Crippen LogP contribution in [0.1, 0.15) is 32.6 Å². The van der Waals surface area contributed by atoms with Crippen LogP contribution in [0.2, 0.25) is 0 Å². The third-order valence-corrected chi connectivity index (χ3v) is 10.5. The number of ether oxygens (including phenoxy) is 1. The molecule has 0 amide bonds. The average molecular weight is 473 g/mol. The number of carbonyl (C=O) groups excluding carboxylic acids is 3. The number of Topliss-reactive ketones (excluding diaryl/α,β-unsaturated/α-hetero) is 2. The number of hydrogen-bond donors (Lipinski definition) is 0. The van der Waals surface area contributed by atoms with Gasteiger partial charge in [-0.25, -0.2) is 0 Å². The van der Waals surface area contributed by atoms with Crippen LogP contribution in [0, 0.1) is 5.41 Å². The van der Waals surface area contributed by atoms with Gasteiger partial charge in [0.05, 0.1) is 6.61 Å². The molecule has 0 N–H and O–H groups in total. The molecule has 0 aromatic heterocycles. The molecule has 1 aliphatic carbocycles. The maximum Gasteiger partial charge on any atom is 0.327 e. The normalized spacial score (nSPS) is 18.2. The summed E-state index contributed by atoms with van der Waals surface area (Å²) >= 11 is 0. The van der Waals surface area contributed by atoms with Gasteiger partial charge >= 0.3 is 5.97 Å². The minimum atomic E-state index is -2.64. The Hall–Kier alpha value is -3.23. The van der Waals surface area contributed by atoms with Crippen LogP contribution < -0.4 is 15.9 Å². The van der Waals surface area contributed by atoms with Crippen LogP contribution in [-0.2, 0) is 19.1 Å². The van der Waals surface area contributed by atoms with Crippen LogP contribution >= 0.6 is 6.89 Å². The van der Waals surface area contributed by atoms with E-state index in [-0.39, 0.29) is 25.2 Å². The average Bonchev–Trinajstić information content (AvgIpc) is 2.89. The molecule has 1 saturated carbocycles. The van der Waals surface area contributed by atoms with E-state index in [9.17, 15) is 14.4 Å². The van der Waals surface area contributed by atoms with Crippen LogP contribution in [0.15, 0.2) is 91.0 Å². The Morgan fingerprint density at radius 1 is 0.824 bits per heavy atom. The van der Waals surface area contributed by atoms with E-state index in [2.05, 4.69) is 0 Å². The van der Waals surface area contributed by atoms with E-state index in [1.807, 2.05) is 91.0 Å².